The van der Waals surface area contributed by atoms with E-state index in [-0.39, 0.29) is 17.3 Å². The third-order valence-electron chi connectivity index (χ3n) is 6.10. The second kappa shape index (κ2) is 7.88. The van der Waals surface area contributed by atoms with Crippen molar-refractivity contribution in [2.24, 2.45) is 0 Å². The van der Waals surface area contributed by atoms with Gasteiger partial charge in [-0.1, -0.05) is 30.3 Å². The fraction of sp³-hybridized carbons (Fsp3) is 0.364. The van der Waals surface area contributed by atoms with Crippen molar-refractivity contribution < 1.29 is 27.5 Å². The van der Waals surface area contributed by atoms with Gasteiger partial charge in [0.15, 0.2) is 5.54 Å². The number of benzene rings is 2. The monoisotopic (exact) mass is 457 g/mol. The minimum Gasteiger partial charge on any atom is -0.493 e. The van der Waals surface area contributed by atoms with Crippen LogP contribution >= 0.6 is 0 Å². The van der Waals surface area contributed by atoms with E-state index in [2.05, 4.69) is 5.32 Å². The number of ether oxygens (including phenoxy) is 2. The van der Waals surface area contributed by atoms with Crippen molar-refractivity contribution in [1.82, 2.24) is 14.5 Å². The Labute approximate surface area is 186 Å². The lowest BCUT2D eigenvalue weighted by molar-refractivity contribution is -0.133. The van der Waals surface area contributed by atoms with Gasteiger partial charge in [-0.3, -0.25) is 9.69 Å². The second-order valence-corrected chi connectivity index (χ2v) is 9.92. The summed E-state index contributed by atoms with van der Waals surface area (Å²) in [5.74, 6) is 0.215. The van der Waals surface area contributed by atoms with Gasteiger partial charge < -0.3 is 14.8 Å². The van der Waals surface area contributed by atoms with Gasteiger partial charge in [-0.05, 0) is 23.8 Å². The van der Waals surface area contributed by atoms with E-state index in [1.54, 1.807) is 30.3 Å². The highest BCUT2D eigenvalue weighted by molar-refractivity contribution is 7.89. The van der Waals surface area contributed by atoms with Gasteiger partial charge in [0, 0.05) is 25.1 Å². The van der Waals surface area contributed by atoms with Crippen LogP contribution in [0.3, 0.4) is 0 Å². The summed E-state index contributed by atoms with van der Waals surface area (Å²) in [6.45, 7) is 1.59. The third kappa shape index (κ3) is 3.35. The van der Waals surface area contributed by atoms with Gasteiger partial charge in [0.05, 0.1) is 31.3 Å². The van der Waals surface area contributed by atoms with Gasteiger partial charge in [-0.2, -0.15) is 4.31 Å². The van der Waals surface area contributed by atoms with Crippen LogP contribution in [0, 0.1) is 0 Å². The van der Waals surface area contributed by atoms with Gasteiger partial charge in [0.2, 0.25) is 10.0 Å². The van der Waals surface area contributed by atoms with Crippen LogP contribution in [0.1, 0.15) is 17.5 Å². The van der Waals surface area contributed by atoms with Crippen molar-refractivity contribution in [2.45, 2.75) is 23.4 Å². The number of sulfonamides is 1. The van der Waals surface area contributed by atoms with E-state index in [0.717, 1.165) is 4.90 Å². The molecule has 2 saturated heterocycles. The number of carbonyl (C=O) groups excluding carboxylic acids is 2. The largest absolute Gasteiger partial charge is 0.493 e. The number of nitrogens with one attached hydrogen (secondary N) is 1. The van der Waals surface area contributed by atoms with Crippen molar-refractivity contribution >= 4 is 22.0 Å². The summed E-state index contributed by atoms with van der Waals surface area (Å²) in [7, 11) is -3.68. The van der Waals surface area contributed by atoms with Crippen molar-refractivity contribution in [1.29, 1.82) is 0 Å². The fourth-order valence-corrected chi connectivity index (χ4v) is 5.92. The second-order valence-electron chi connectivity index (χ2n) is 7.99. The van der Waals surface area contributed by atoms with Gasteiger partial charge in [0.25, 0.3) is 5.91 Å². The lowest BCUT2D eigenvalue weighted by Crippen LogP contribution is -2.47. The molecule has 0 aliphatic carbocycles. The molecule has 3 amide bonds. The molecule has 0 saturated carbocycles. The van der Waals surface area contributed by atoms with Crippen molar-refractivity contribution in [3.63, 3.8) is 0 Å². The minimum absolute atomic E-state index is 0.0259. The molecule has 9 nitrogen and oxygen atoms in total. The Kier molecular flexibility index (Phi) is 5.15. The van der Waals surface area contributed by atoms with E-state index in [1.165, 1.54) is 16.4 Å². The normalized spacial score (nSPS) is 23.7. The molecule has 1 atom stereocenters. The number of imide groups is 1. The average molecular weight is 458 g/mol. The maximum absolute atomic E-state index is 13.4. The molecule has 1 unspecified atom stereocenters. The zero-order valence-corrected chi connectivity index (χ0v) is 18.1. The number of rotatable bonds is 4. The van der Waals surface area contributed by atoms with Crippen LogP contribution in [-0.4, -0.2) is 62.5 Å². The first-order chi connectivity index (χ1) is 15.4. The molecule has 3 aliphatic rings. The first kappa shape index (κ1) is 20.9. The smallest absolute Gasteiger partial charge is 0.325 e. The summed E-state index contributed by atoms with van der Waals surface area (Å²) in [5.41, 5.74) is 0.0274. The number of hydrogen-bond acceptors (Lipinski definition) is 6. The SMILES string of the molecule is O=C1NC2(CCOc3ccccc32)C(=O)N1Cc1cccc(S(=O)(=O)N2CCOCC2)c1. The van der Waals surface area contributed by atoms with E-state index in [1.807, 2.05) is 6.07 Å². The maximum Gasteiger partial charge on any atom is 0.325 e. The van der Waals surface area contributed by atoms with Crippen molar-refractivity contribution in [3.8, 4) is 5.75 Å². The van der Waals surface area contributed by atoms with Crippen molar-refractivity contribution in [2.75, 3.05) is 32.9 Å². The van der Waals surface area contributed by atoms with Crippen LogP contribution in [-0.2, 0) is 31.6 Å². The number of nitrogens with zero attached hydrogens (tertiary/aromatic N) is 2. The standard InChI is InChI=1S/C22H23N3O6S/c26-20-22(8-11-31-19-7-2-1-6-18(19)22)23-21(27)25(20)15-16-4-3-5-17(14-16)32(28,29)24-9-12-30-13-10-24/h1-7,14H,8-13,15H2,(H,23,27). The molecule has 5 rings (SSSR count). The first-order valence-corrected chi connectivity index (χ1v) is 11.9. The summed E-state index contributed by atoms with van der Waals surface area (Å²) in [5, 5.41) is 2.86. The third-order valence-corrected chi connectivity index (χ3v) is 8.00. The average Bonchev–Trinajstić information content (AvgIpc) is 3.05. The predicted octanol–water partition coefficient (Wildman–Crippen LogP) is 1.44. The summed E-state index contributed by atoms with van der Waals surface area (Å²) in [4.78, 5) is 27.5. The number of amides is 3. The summed E-state index contributed by atoms with van der Waals surface area (Å²) in [6.07, 6.45) is 0.330. The maximum atomic E-state index is 13.4. The number of para-hydroxylation sites is 1. The molecule has 2 aromatic rings. The van der Waals surface area contributed by atoms with E-state index in [9.17, 15) is 18.0 Å². The summed E-state index contributed by atoms with van der Waals surface area (Å²) >= 11 is 0. The molecule has 10 heteroatoms. The lowest BCUT2D eigenvalue weighted by atomic mass is 9.84. The van der Waals surface area contributed by atoms with Crippen LogP contribution in [0.15, 0.2) is 53.4 Å². The van der Waals surface area contributed by atoms with Crippen molar-refractivity contribution in [3.05, 3.63) is 59.7 Å². The summed E-state index contributed by atoms with van der Waals surface area (Å²) < 4.78 is 38.2. The molecule has 2 fully saturated rings. The Balaban J connectivity index is 1.42. The van der Waals surface area contributed by atoms with E-state index >= 15 is 0 Å². The Morgan fingerprint density at radius 3 is 2.59 bits per heavy atom. The number of hydrogen-bond donors (Lipinski definition) is 1. The van der Waals surface area contributed by atoms with Crippen LogP contribution < -0.4 is 10.1 Å². The zero-order chi connectivity index (χ0) is 22.3. The Hall–Kier alpha value is -2.95. The van der Waals surface area contributed by atoms with E-state index in [4.69, 9.17) is 9.47 Å². The number of carbonyl (C=O) groups is 2. The molecular formula is C22H23N3O6S. The van der Waals surface area contributed by atoms with Crippen LogP contribution in [0.25, 0.3) is 0 Å². The van der Waals surface area contributed by atoms with Gasteiger partial charge in [-0.25, -0.2) is 13.2 Å². The molecule has 0 aromatic heterocycles. The number of urea groups is 1. The lowest BCUT2D eigenvalue weighted by Gasteiger charge is -2.33. The highest BCUT2D eigenvalue weighted by Gasteiger charge is 2.54. The predicted molar refractivity (Wildman–Crippen MR) is 113 cm³/mol. The van der Waals surface area contributed by atoms with E-state index in [0.29, 0.717) is 56.2 Å². The molecule has 32 heavy (non-hydrogen) atoms. The van der Waals surface area contributed by atoms with Gasteiger partial charge in [0.1, 0.15) is 5.75 Å². The highest BCUT2D eigenvalue weighted by Crippen LogP contribution is 2.41. The Morgan fingerprint density at radius 1 is 1.00 bits per heavy atom. The zero-order valence-electron chi connectivity index (χ0n) is 17.3. The molecule has 3 aliphatic heterocycles. The molecule has 0 radical (unpaired) electrons. The van der Waals surface area contributed by atoms with Crippen LogP contribution in [0.4, 0.5) is 4.79 Å². The van der Waals surface area contributed by atoms with Gasteiger partial charge >= 0.3 is 6.03 Å². The molecule has 1 spiro atoms. The molecule has 2 aromatic carbocycles. The molecular weight excluding hydrogens is 434 g/mol. The molecule has 1 N–H and O–H groups in total. The number of morpholine rings is 1. The molecule has 168 valence electrons. The minimum atomic E-state index is -3.68. The van der Waals surface area contributed by atoms with Crippen LogP contribution in [0.2, 0.25) is 0 Å². The molecule has 3 heterocycles. The molecule has 0 bridgehead atoms. The Morgan fingerprint density at radius 2 is 1.78 bits per heavy atom. The summed E-state index contributed by atoms with van der Waals surface area (Å²) in [6, 6.07) is 13.1. The first-order valence-electron chi connectivity index (χ1n) is 10.5. The Bertz CT molecular complexity index is 1180. The van der Waals surface area contributed by atoms with E-state index < -0.39 is 21.6 Å². The van der Waals surface area contributed by atoms with Gasteiger partial charge in [-0.15, -0.1) is 0 Å². The quantitative estimate of drug-likeness (QED) is 0.697. The highest BCUT2D eigenvalue weighted by atomic mass is 32.2. The van der Waals surface area contributed by atoms with Crippen LogP contribution in [0.5, 0.6) is 5.75 Å². The fourth-order valence-electron chi connectivity index (χ4n) is 4.44. The number of fused-ring (bicyclic) bond motifs is 2. The topological polar surface area (TPSA) is 105 Å².